The molecule has 2 N–H and O–H groups in total. The van der Waals surface area contributed by atoms with E-state index in [2.05, 4.69) is 4.90 Å². The highest BCUT2D eigenvalue weighted by atomic mass is 16.4. The highest BCUT2D eigenvalue weighted by Crippen LogP contribution is 2.29. The number of carboxylic acids is 1. The molecular weight excluding hydrogens is 218 g/mol. The summed E-state index contributed by atoms with van der Waals surface area (Å²) in [5, 5.41) is 19.1. The van der Waals surface area contributed by atoms with Crippen LogP contribution in [0.2, 0.25) is 0 Å². The average molecular weight is 235 g/mol. The first-order valence-corrected chi connectivity index (χ1v) is 5.78. The highest BCUT2D eigenvalue weighted by Gasteiger charge is 2.27. The van der Waals surface area contributed by atoms with Crippen molar-refractivity contribution in [3.63, 3.8) is 0 Å². The van der Waals surface area contributed by atoms with E-state index in [4.69, 9.17) is 5.11 Å². The van der Waals surface area contributed by atoms with Crippen LogP contribution >= 0.6 is 0 Å². The Balaban J connectivity index is 2.16. The van der Waals surface area contributed by atoms with Crippen LogP contribution in [-0.2, 0) is 0 Å². The number of aliphatic hydroxyl groups excluding tert-OH is 1. The molecule has 1 aromatic rings. The van der Waals surface area contributed by atoms with Crippen LogP contribution in [0.25, 0.3) is 0 Å². The lowest BCUT2D eigenvalue weighted by Crippen LogP contribution is -2.18. The van der Waals surface area contributed by atoms with Gasteiger partial charge in [-0.05, 0) is 37.7 Å². The Morgan fingerprint density at radius 1 is 1.53 bits per heavy atom. The Bertz CT molecular complexity index is 419. The first-order valence-electron chi connectivity index (χ1n) is 5.78. The van der Waals surface area contributed by atoms with E-state index in [-0.39, 0.29) is 11.5 Å². The summed E-state index contributed by atoms with van der Waals surface area (Å²) in [6.07, 6.45) is 0.383. The van der Waals surface area contributed by atoms with Crippen LogP contribution in [0.3, 0.4) is 0 Å². The summed E-state index contributed by atoms with van der Waals surface area (Å²) in [4.78, 5) is 13.0. The predicted molar refractivity (Wildman–Crippen MR) is 64.0 cm³/mol. The zero-order valence-corrected chi connectivity index (χ0v) is 9.84. The van der Waals surface area contributed by atoms with Crippen molar-refractivity contribution in [1.82, 2.24) is 4.90 Å². The molecule has 1 saturated heterocycles. The SMILES string of the molecule is CN1CCC(C(O)c2cccc(C(=O)O)c2)C1. The summed E-state index contributed by atoms with van der Waals surface area (Å²) in [6.45, 7) is 1.85. The Kier molecular flexibility index (Phi) is 3.45. The van der Waals surface area contributed by atoms with Crippen LogP contribution in [0.15, 0.2) is 24.3 Å². The van der Waals surface area contributed by atoms with Gasteiger partial charge >= 0.3 is 5.97 Å². The molecule has 2 rings (SSSR count). The fourth-order valence-corrected chi connectivity index (χ4v) is 2.35. The molecule has 1 heterocycles. The van der Waals surface area contributed by atoms with E-state index < -0.39 is 12.1 Å². The number of carboxylic acid groups (broad SMARTS) is 1. The topological polar surface area (TPSA) is 60.8 Å². The van der Waals surface area contributed by atoms with Crippen LogP contribution in [0.5, 0.6) is 0 Å². The van der Waals surface area contributed by atoms with Crippen molar-refractivity contribution >= 4 is 5.97 Å². The second-order valence-electron chi connectivity index (χ2n) is 4.69. The van der Waals surface area contributed by atoms with Gasteiger partial charge in [-0.2, -0.15) is 0 Å². The van der Waals surface area contributed by atoms with Crippen molar-refractivity contribution in [1.29, 1.82) is 0 Å². The summed E-state index contributed by atoms with van der Waals surface area (Å²) in [7, 11) is 2.03. The smallest absolute Gasteiger partial charge is 0.335 e. The third-order valence-corrected chi connectivity index (χ3v) is 3.35. The van der Waals surface area contributed by atoms with Crippen LogP contribution in [-0.4, -0.2) is 41.2 Å². The second kappa shape index (κ2) is 4.85. The average Bonchev–Trinajstić information content (AvgIpc) is 2.75. The third-order valence-electron chi connectivity index (χ3n) is 3.35. The van der Waals surface area contributed by atoms with Crippen LogP contribution in [0.1, 0.15) is 28.4 Å². The van der Waals surface area contributed by atoms with E-state index in [0.29, 0.717) is 5.56 Å². The summed E-state index contributed by atoms with van der Waals surface area (Å²) in [5.74, 6) is -0.758. The van der Waals surface area contributed by atoms with Gasteiger partial charge in [0.2, 0.25) is 0 Å². The Labute approximate surface area is 100 Å². The Morgan fingerprint density at radius 3 is 2.88 bits per heavy atom. The van der Waals surface area contributed by atoms with Crippen LogP contribution in [0.4, 0.5) is 0 Å². The lowest BCUT2D eigenvalue weighted by atomic mass is 9.94. The molecule has 2 unspecified atom stereocenters. The Morgan fingerprint density at radius 2 is 2.29 bits per heavy atom. The van der Waals surface area contributed by atoms with Gasteiger partial charge in [0.1, 0.15) is 0 Å². The van der Waals surface area contributed by atoms with Gasteiger partial charge in [-0.25, -0.2) is 4.79 Å². The standard InChI is InChI=1S/C13H17NO3/c1-14-6-5-11(8-14)12(15)9-3-2-4-10(7-9)13(16)17/h2-4,7,11-12,15H,5-6,8H2,1H3,(H,16,17). The predicted octanol–water partition coefficient (Wildman–Crippen LogP) is 1.37. The van der Waals surface area contributed by atoms with E-state index in [1.54, 1.807) is 24.3 Å². The molecule has 1 aliphatic heterocycles. The number of aromatic carboxylic acids is 1. The number of aliphatic hydroxyl groups is 1. The van der Waals surface area contributed by atoms with E-state index in [1.165, 1.54) is 0 Å². The summed E-state index contributed by atoms with van der Waals surface area (Å²) >= 11 is 0. The number of likely N-dealkylation sites (tertiary alicyclic amines) is 1. The zero-order chi connectivity index (χ0) is 12.4. The van der Waals surface area contributed by atoms with E-state index in [9.17, 15) is 9.90 Å². The van der Waals surface area contributed by atoms with Crippen molar-refractivity contribution in [2.75, 3.05) is 20.1 Å². The molecule has 0 amide bonds. The summed E-state index contributed by atoms with van der Waals surface area (Å²) in [6, 6.07) is 6.57. The lowest BCUT2D eigenvalue weighted by Gasteiger charge is -2.18. The molecular formula is C13H17NO3. The van der Waals surface area contributed by atoms with Crippen molar-refractivity contribution in [3.8, 4) is 0 Å². The zero-order valence-electron chi connectivity index (χ0n) is 9.84. The molecule has 4 heteroatoms. The monoisotopic (exact) mass is 235 g/mol. The van der Waals surface area contributed by atoms with Gasteiger partial charge in [0, 0.05) is 12.5 Å². The number of nitrogens with zero attached hydrogens (tertiary/aromatic N) is 1. The maximum absolute atomic E-state index is 10.9. The van der Waals surface area contributed by atoms with E-state index in [0.717, 1.165) is 19.5 Å². The van der Waals surface area contributed by atoms with Gasteiger partial charge in [0.25, 0.3) is 0 Å². The molecule has 1 fully saturated rings. The fraction of sp³-hybridized carbons (Fsp3) is 0.462. The van der Waals surface area contributed by atoms with Gasteiger partial charge in [-0.3, -0.25) is 0 Å². The van der Waals surface area contributed by atoms with Gasteiger partial charge in [-0.1, -0.05) is 12.1 Å². The maximum atomic E-state index is 10.9. The number of hydrogen-bond donors (Lipinski definition) is 2. The second-order valence-corrected chi connectivity index (χ2v) is 4.69. The summed E-state index contributed by atoms with van der Waals surface area (Å²) in [5.41, 5.74) is 0.929. The van der Waals surface area contributed by atoms with Gasteiger partial charge in [0.05, 0.1) is 11.7 Å². The normalized spacial score (nSPS) is 22.6. The minimum atomic E-state index is -0.956. The molecule has 1 aromatic carbocycles. The molecule has 0 radical (unpaired) electrons. The highest BCUT2D eigenvalue weighted by molar-refractivity contribution is 5.87. The number of hydrogen-bond acceptors (Lipinski definition) is 3. The largest absolute Gasteiger partial charge is 0.478 e. The molecule has 92 valence electrons. The first-order chi connectivity index (χ1) is 8.08. The molecule has 0 spiro atoms. The molecule has 0 bridgehead atoms. The molecule has 17 heavy (non-hydrogen) atoms. The molecule has 0 aromatic heterocycles. The summed E-state index contributed by atoms with van der Waals surface area (Å²) < 4.78 is 0. The molecule has 1 aliphatic rings. The number of carbonyl (C=O) groups is 1. The molecule has 0 aliphatic carbocycles. The number of benzene rings is 1. The van der Waals surface area contributed by atoms with Crippen molar-refractivity contribution < 1.29 is 15.0 Å². The van der Waals surface area contributed by atoms with Gasteiger partial charge < -0.3 is 15.1 Å². The first kappa shape index (κ1) is 12.1. The number of rotatable bonds is 3. The van der Waals surface area contributed by atoms with E-state index in [1.807, 2.05) is 7.05 Å². The Hall–Kier alpha value is -1.39. The fourth-order valence-electron chi connectivity index (χ4n) is 2.35. The lowest BCUT2D eigenvalue weighted by molar-refractivity contribution is 0.0696. The molecule has 4 nitrogen and oxygen atoms in total. The quantitative estimate of drug-likeness (QED) is 0.830. The van der Waals surface area contributed by atoms with Crippen molar-refractivity contribution in [3.05, 3.63) is 35.4 Å². The van der Waals surface area contributed by atoms with Crippen LogP contribution in [0, 0.1) is 5.92 Å². The van der Waals surface area contributed by atoms with Crippen molar-refractivity contribution in [2.45, 2.75) is 12.5 Å². The molecule has 0 saturated carbocycles. The van der Waals surface area contributed by atoms with Gasteiger partial charge in [-0.15, -0.1) is 0 Å². The minimum Gasteiger partial charge on any atom is -0.478 e. The van der Waals surface area contributed by atoms with Crippen LogP contribution < -0.4 is 0 Å². The van der Waals surface area contributed by atoms with Gasteiger partial charge in [0.15, 0.2) is 0 Å². The molecule has 2 atom stereocenters. The van der Waals surface area contributed by atoms with Crippen molar-refractivity contribution in [2.24, 2.45) is 5.92 Å². The maximum Gasteiger partial charge on any atom is 0.335 e. The van der Waals surface area contributed by atoms with E-state index >= 15 is 0 Å². The minimum absolute atomic E-state index is 0.198. The third kappa shape index (κ3) is 2.65.